The van der Waals surface area contributed by atoms with Crippen LogP contribution >= 0.6 is 0 Å². The first-order valence-electron chi connectivity index (χ1n) is 10.2. The van der Waals surface area contributed by atoms with Crippen molar-refractivity contribution in [2.24, 2.45) is 11.8 Å². The standard InChI is InChI=1S/C21H34N4O/c1-16(2)20-14-19(23-24-20)15-25-12-10-17(11-13-25)8-9-21(26)22-18-6-4-3-5-7-18/h3-7,16-17,19-20,23-24H,8-15H2,1-2H3,(H,22,26). The molecule has 0 bridgehead atoms. The lowest BCUT2D eigenvalue weighted by Gasteiger charge is -2.33. The monoisotopic (exact) mass is 358 g/mol. The molecule has 26 heavy (non-hydrogen) atoms. The Labute approximate surface area is 157 Å². The summed E-state index contributed by atoms with van der Waals surface area (Å²) in [6.45, 7) is 8.02. The van der Waals surface area contributed by atoms with Gasteiger partial charge in [0.15, 0.2) is 0 Å². The van der Waals surface area contributed by atoms with Crippen molar-refractivity contribution in [1.82, 2.24) is 15.8 Å². The van der Waals surface area contributed by atoms with Crippen LogP contribution in [0.25, 0.3) is 0 Å². The van der Waals surface area contributed by atoms with Crippen LogP contribution in [0.15, 0.2) is 30.3 Å². The average Bonchev–Trinajstić information content (AvgIpc) is 3.11. The number of hydrogen-bond donors (Lipinski definition) is 3. The Kier molecular flexibility index (Phi) is 7.06. The Morgan fingerprint density at radius 3 is 2.58 bits per heavy atom. The van der Waals surface area contributed by atoms with E-state index in [0.717, 1.165) is 31.7 Å². The van der Waals surface area contributed by atoms with Crippen molar-refractivity contribution >= 4 is 11.6 Å². The van der Waals surface area contributed by atoms with Gasteiger partial charge in [-0.25, -0.2) is 0 Å². The molecule has 0 aromatic heterocycles. The van der Waals surface area contributed by atoms with Crippen molar-refractivity contribution in [2.75, 3.05) is 25.0 Å². The fraction of sp³-hybridized carbons (Fsp3) is 0.667. The predicted molar refractivity (Wildman–Crippen MR) is 107 cm³/mol. The van der Waals surface area contributed by atoms with Gasteiger partial charge in [0.25, 0.3) is 0 Å². The molecule has 0 spiro atoms. The number of hydrogen-bond acceptors (Lipinski definition) is 4. The van der Waals surface area contributed by atoms with Gasteiger partial charge in [-0.15, -0.1) is 0 Å². The van der Waals surface area contributed by atoms with Gasteiger partial charge in [-0.3, -0.25) is 15.6 Å². The topological polar surface area (TPSA) is 56.4 Å². The lowest BCUT2D eigenvalue weighted by atomic mass is 9.91. The number of piperidine rings is 1. The van der Waals surface area contributed by atoms with E-state index in [0.29, 0.717) is 30.3 Å². The molecule has 0 aliphatic carbocycles. The Morgan fingerprint density at radius 1 is 1.19 bits per heavy atom. The van der Waals surface area contributed by atoms with Gasteiger partial charge in [-0.1, -0.05) is 32.0 Å². The van der Waals surface area contributed by atoms with E-state index in [1.807, 2.05) is 30.3 Å². The maximum atomic E-state index is 12.1. The van der Waals surface area contributed by atoms with E-state index in [9.17, 15) is 4.79 Å². The van der Waals surface area contributed by atoms with Gasteiger partial charge >= 0.3 is 0 Å². The van der Waals surface area contributed by atoms with Crippen LogP contribution in [0.1, 0.15) is 46.0 Å². The molecule has 1 amide bonds. The molecule has 5 nitrogen and oxygen atoms in total. The maximum Gasteiger partial charge on any atom is 0.224 e. The molecule has 2 heterocycles. The van der Waals surface area contributed by atoms with Crippen LogP contribution in [0.2, 0.25) is 0 Å². The molecule has 0 radical (unpaired) electrons. The summed E-state index contributed by atoms with van der Waals surface area (Å²) >= 11 is 0. The van der Waals surface area contributed by atoms with E-state index in [4.69, 9.17) is 0 Å². The number of likely N-dealkylation sites (tertiary alicyclic amines) is 1. The smallest absolute Gasteiger partial charge is 0.224 e. The quantitative estimate of drug-likeness (QED) is 0.701. The Morgan fingerprint density at radius 2 is 1.92 bits per heavy atom. The molecular weight excluding hydrogens is 324 g/mol. The van der Waals surface area contributed by atoms with Crippen molar-refractivity contribution in [2.45, 2.75) is 58.0 Å². The normalized spacial score (nSPS) is 24.9. The average molecular weight is 359 g/mol. The number of anilines is 1. The molecule has 3 N–H and O–H groups in total. The number of nitrogens with zero attached hydrogens (tertiary/aromatic N) is 1. The molecule has 2 aliphatic heterocycles. The lowest BCUT2D eigenvalue weighted by molar-refractivity contribution is -0.116. The Bertz CT molecular complexity index is 554. The second kappa shape index (κ2) is 9.49. The van der Waals surface area contributed by atoms with Crippen molar-refractivity contribution in [3.8, 4) is 0 Å². The van der Waals surface area contributed by atoms with Crippen LogP contribution in [0, 0.1) is 11.8 Å². The highest BCUT2D eigenvalue weighted by molar-refractivity contribution is 5.90. The third-order valence-corrected chi connectivity index (χ3v) is 5.84. The molecule has 2 aliphatic rings. The first kappa shape index (κ1) is 19.3. The van der Waals surface area contributed by atoms with Crippen LogP contribution in [0.3, 0.4) is 0 Å². The van der Waals surface area contributed by atoms with E-state index in [1.165, 1.54) is 19.3 Å². The highest BCUT2D eigenvalue weighted by Crippen LogP contribution is 2.23. The summed E-state index contributed by atoms with van der Waals surface area (Å²) in [5.74, 6) is 1.51. The first-order valence-corrected chi connectivity index (χ1v) is 10.2. The van der Waals surface area contributed by atoms with Crippen LogP contribution < -0.4 is 16.2 Å². The van der Waals surface area contributed by atoms with Gasteiger partial charge in [0.1, 0.15) is 0 Å². The third-order valence-electron chi connectivity index (χ3n) is 5.84. The minimum absolute atomic E-state index is 0.139. The molecule has 2 saturated heterocycles. The highest BCUT2D eigenvalue weighted by Gasteiger charge is 2.28. The number of carbonyl (C=O) groups excluding carboxylic acids is 1. The summed E-state index contributed by atoms with van der Waals surface area (Å²) in [4.78, 5) is 14.7. The summed E-state index contributed by atoms with van der Waals surface area (Å²) in [6, 6.07) is 10.9. The lowest BCUT2D eigenvalue weighted by Crippen LogP contribution is -2.44. The second-order valence-electron chi connectivity index (χ2n) is 8.27. The summed E-state index contributed by atoms with van der Waals surface area (Å²) in [7, 11) is 0. The molecule has 2 fully saturated rings. The Hall–Kier alpha value is -1.43. The largest absolute Gasteiger partial charge is 0.326 e. The fourth-order valence-electron chi connectivity index (χ4n) is 4.06. The number of para-hydroxylation sites is 1. The van der Waals surface area contributed by atoms with Crippen LogP contribution in [0.5, 0.6) is 0 Å². The van der Waals surface area contributed by atoms with Crippen molar-refractivity contribution < 1.29 is 4.79 Å². The SMILES string of the molecule is CC(C)C1CC(CN2CCC(CCC(=O)Nc3ccccc3)CC2)NN1. The third kappa shape index (κ3) is 5.79. The molecule has 5 heteroatoms. The molecular formula is C21H34N4O. The van der Waals surface area contributed by atoms with E-state index in [2.05, 4.69) is 34.9 Å². The highest BCUT2D eigenvalue weighted by atomic mass is 16.1. The van der Waals surface area contributed by atoms with Gasteiger partial charge < -0.3 is 10.2 Å². The van der Waals surface area contributed by atoms with Gasteiger partial charge in [-0.05, 0) is 62.7 Å². The van der Waals surface area contributed by atoms with Crippen LogP contribution in [0.4, 0.5) is 5.69 Å². The number of benzene rings is 1. The molecule has 1 aromatic rings. The first-order chi connectivity index (χ1) is 12.6. The number of carbonyl (C=O) groups is 1. The molecule has 0 saturated carbocycles. The molecule has 1 aromatic carbocycles. The predicted octanol–water partition coefficient (Wildman–Crippen LogP) is 3.01. The number of amides is 1. The Balaban J connectivity index is 1.31. The fourth-order valence-corrected chi connectivity index (χ4v) is 4.06. The summed E-state index contributed by atoms with van der Waals surface area (Å²) in [5, 5.41) is 2.99. The van der Waals surface area contributed by atoms with Gasteiger partial charge in [0, 0.05) is 30.7 Å². The minimum atomic E-state index is 0.139. The van der Waals surface area contributed by atoms with Crippen LogP contribution in [-0.2, 0) is 4.79 Å². The zero-order valence-corrected chi connectivity index (χ0v) is 16.2. The van der Waals surface area contributed by atoms with E-state index in [-0.39, 0.29) is 5.91 Å². The number of rotatable bonds is 7. The zero-order chi connectivity index (χ0) is 18.4. The van der Waals surface area contributed by atoms with E-state index >= 15 is 0 Å². The van der Waals surface area contributed by atoms with E-state index in [1.54, 1.807) is 0 Å². The number of hydrazine groups is 1. The van der Waals surface area contributed by atoms with Gasteiger partial charge in [0.05, 0.1) is 0 Å². The van der Waals surface area contributed by atoms with Gasteiger partial charge in [-0.2, -0.15) is 0 Å². The maximum absolute atomic E-state index is 12.1. The minimum Gasteiger partial charge on any atom is -0.326 e. The molecule has 3 rings (SSSR count). The van der Waals surface area contributed by atoms with Crippen LogP contribution in [-0.4, -0.2) is 42.5 Å². The summed E-state index contributed by atoms with van der Waals surface area (Å²) in [5.41, 5.74) is 7.79. The summed E-state index contributed by atoms with van der Waals surface area (Å²) < 4.78 is 0. The van der Waals surface area contributed by atoms with Crippen molar-refractivity contribution in [3.05, 3.63) is 30.3 Å². The number of nitrogens with one attached hydrogen (secondary N) is 3. The van der Waals surface area contributed by atoms with Crippen molar-refractivity contribution in [3.63, 3.8) is 0 Å². The second-order valence-corrected chi connectivity index (χ2v) is 8.27. The molecule has 2 atom stereocenters. The van der Waals surface area contributed by atoms with E-state index < -0.39 is 0 Å². The summed E-state index contributed by atoms with van der Waals surface area (Å²) in [6.07, 6.45) is 5.28. The van der Waals surface area contributed by atoms with Crippen molar-refractivity contribution in [1.29, 1.82) is 0 Å². The molecule has 2 unspecified atom stereocenters. The molecule has 144 valence electrons. The van der Waals surface area contributed by atoms with Gasteiger partial charge in [0.2, 0.25) is 5.91 Å². The zero-order valence-electron chi connectivity index (χ0n) is 16.2.